The van der Waals surface area contributed by atoms with Crippen molar-refractivity contribution in [3.63, 3.8) is 0 Å². The quantitative estimate of drug-likeness (QED) is 0.294. The molecule has 0 bridgehead atoms. The van der Waals surface area contributed by atoms with Crippen molar-refractivity contribution in [2.24, 2.45) is 5.11 Å². The molecule has 6 nitrogen and oxygen atoms in total. The molecule has 1 aliphatic rings. The largest absolute Gasteiger partial charge is 0.267 e. The minimum Gasteiger partial charge on any atom is -0.267 e. The Hall–Kier alpha value is -2.41. The van der Waals surface area contributed by atoms with Gasteiger partial charge in [0.1, 0.15) is 5.82 Å². The van der Waals surface area contributed by atoms with Crippen LogP contribution in [0.5, 0.6) is 0 Å². The molecule has 3 rings (SSSR count). The van der Waals surface area contributed by atoms with Gasteiger partial charge in [-0.2, -0.15) is 8.42 Å². The molecule has 0 amide bonds. The molecule has 1 aliphatic carbocycles. The lowest BCUT2D eigenvalue weighted by Gasteiger charge is -2.28. The molecule has 0 heterocycles. The van der Waals surface area contributed by atoms with Gasteiger partial charge in [0.25, 0.3) is 10.1 Å². The average Bonchev–Trinajstić information content (AvgIpc) is 2.76. The molecule has 0 N–H and O–H groups in total. The predicted molar refractivity (Wildman–Crippen MR) is 105 cm³/mol. The third-order valence-corrected chi connectivity index (χ3v) is 5.72. The summed E-state index contributed by atoms with van der Waals surface area (Å²) < 4.78 is 42.6. The Bertz CT molecular complexity index is 1020. The van der Waals surface area contributed by atoms with Crippen LogP contribution in [0.15, 0.2) is 47.6 Å². The van der Waals surface area contributed by atoms with Crippen molar-refractivity contribution < 1.29 is 17.0 Å². The summed E-state index contributed by atoms with van der Waals surface area (Å²) in [5.74, 6) is -0.733. The Labute approximate surface area is 164 Å². The van der Waals surface area contributed by atoms with E-state index in [1.807, 2.05) is 31.2 Å². The van der Waals surface area contributed by atoms with Gasteiger partial charge in [0, 0.05) is 4.91 Å². The minimum absolute atomic E-state index is 0.332. The van der Waals surface area contributed by atoms with E-state index >= 15 is 0 Å². The van der Waals surface area contributed by atoms with Gasteiger partial charge in [0.2, 0.25) is 0 Å². The number of halogens is 1. The predicted octanol–water partition coefficient (Wildman–Crippen LogP) is 5.01. The zero-order chi connectivity index (χ0) is 20.3. The lowest BCUT2D eigenvalue weighted by Crippen LogP contribution is -2.22. The van der Waals surface area contributed by atoms with Crippen molar-refractivity contribution in [3.05, 3.63) is 81.0 Å². The number of rotatable bonds is 6. The fourth-order valence-electron chi connectivity index (χ4n) is 3.91. The Morgan fingerprint density at radius 2 is 1.96 bits per heavy atom. The van der Waals surface area contributed by atoms with Crippen LogP contribution in [0.25, 0.3) is 10.4 Å². The fourth-order valence-corrected chi connectivity index (χ4v) is 4.62. The summed E-state index contributed by atoms with van der Waals surface area (Å²) in [6.45, 7) is 1.84. The highest BCUT2D eigenvalue weighted by atomic mass is 32.2. The molecular formula is C20H22FN3O3S. The highest BCUT2D eigenvalue weighted by Crippen LogP contribution is 2.44. The topological polar surface area (TPSA) is 92.1 Å². The summed E-state index contributed by atoms with van der Waals surface area (Å²) in [6.07, 6.45) is 1.85. The van der Waals surface area contributed by atoms with E-state index in [4.69, 9.17) is 4.18 Å². The van der Waals surface area contributed by atoms with E-state index in [9.17, 15) is 18.3 Å². The van der Waals surface area contributed by atoms with E-state index in [1.54, 1.807) is 6.07 Å². The molecule has 8 heteroatoms. The van der Waals surface area contributed by atoms with Crippen LogP contribution < -0.4 is 0 Å². The lowest BCUT2D eigenvalue weighted by molar-refractivity contribution is 0.180. The first-order valence-corrected chi connectivity index (χ1v) is 10.9. The van der Waals surface area contributed by atoms with E-state index in [-0.39, 0.29) is 5.92 Å². The summed E-state index contributed by atoms with van der Waals surface area (Å²) in [6, 6.07) is 11.6. The monoisotopic (exact) mass is 403 g/mol. The highest BCUT2D eigenvalue weighted by molar-refractivity contribution is 7.86. The smallest absolute Gasteiger partial charge is 0.264 e. The maximum Gasteiger partial charge on any atom is 0.264 e. The third kappa shape index (κ3) is 4.52. The summed E-state index contributed by atoms with van der Waals surface area (Å²) >= 11 is 0. The Kier molecular flexibility index (Phi) is 6.03. The molecule has 148 valence electrons. The van der Waals surface area contributed by atoms with E-state index in [0.29, 0.717) is 24.8 Å². The third-order valence-electron chi connectivity index (χ3n) is 5.10. The van der Waals surface area contributed by atoms with Gasteiger partial charge in [-0.05, 0) is 65.1 Å². The van der Waals surface area contributed by atoms with Crippen molar-refractivity contribution in [2.45, 2.75) is 44.2 Å². The van der Waals surface area contributed by atoms with Crippen LogP contribution >= 0.6 is 0 Å². The Morgan fingerprint density at radius 3 is 2.64 bits per heavy atom. The molecule has 28 heavy (non-hydrogen) atoms. The van der Waals surface area contributed by atoms with Crippen molar-refractivity contribution in [3.8, 4) is 0 Å². The molecule has 0 fully saturated rings. The highest BCUT2D eigenvalue weighted by Gasteiger charge is 2.33. The summed E-state index contributed by atoms with van der Waals surface area (Å²) in [5.41, 5.74) is 12.7. The summed E-state index contributed by atoms with van der Waals surface area (Å²) in [5, 5.41) is 4.00. The zero-order valence-electron chi connectivity index (χ0n) is 15.7. The molecule has 0 saturated heterocycles. The molecule has 0 radical (unpaired) electrons. The first-order chi connectivity index (χ1) is 13.3. The maximum absolute atomic E-state index is 14.0. The van der Waals surface area contributed by atoms with Gasteiger partial charge in [-0.25, -0.2) is 4.39 Å². The second kappa shape index (κ2) is 8.31. The first-order valence-electron chi connectivity index (χ1n) is 9.11. The zero-order valence-corrected chi connectivity index (χ0v) is 16.6. The van der Waals surface area contributed by atoms with Crippen LogP contribution in [0, 0.1) is 5.82 Å². The normalized spacial score (nSPS) is 19.7. The van der Waals surface area contributed by atoms with E-state index in [0.717, 1.165) is 22.9 Å². The molecule has 3 atom stereocenters. The van der Waals surface area contributed by atoms with E-state index < -0.39 is 28.1 Å². The van der Waals surface area contributed by atoms with Crippen molar-refractivity contribution in [1.82, 2.24) is 0 Å². The molecule has 0 saturated carbocycles. The van der Waals surface area contributed by atoms with Crippen LogP contribution in [0.3, 0.4) is 0 Å². The number of azide groups is 1. The molecule has 2 aromatic carbocycles. The van der Waals surface area contributed by atoms with E-state index in [1.165, 1.54) is 12.1 Å². The molecule has 2 aromatic rings. The fraction of sp³-hybridized carbons (Fsp3) is 0.400. The minimum atomic E-state index is -3.63. The molecule has 0 unspecified atom stereocenters. The van der Waals surface area contributed by atoms with Crippen LogP contribution in [0.2, 0.25) is 0 Å². The van der Waals surface area contributed by atoms with E-state index in [2.05, 4.69) is 10.0 Å². The first kappa shape index (κ1) is 20.3. The Morgan fingerprint density at radius 1 is 1.25 bits per heavy atom. The van der Waals surface area contributed by atoms with Crippen LogP contribution in [0.1, 0.15) is 54.0 Å². The van der Waals surface area contributed by atoms with Crippen LogP contribution in [-0.2, 0) is 20.7 Å². The lowest BCUT2D eigenvalue weighted by atomic mass is 9.83. The second-order valence-corrected chi connectivity index (χ2v) is 8.64. The molecule has 0 spiro atoms. The van der Waals surface area contributed by atoms with Gasteiger partial charge < -0.3 is 0 Å². The van der Waals surface area contributed by atoms with Gasteiger partial charge in [-0.3, -0.25) is 4.18 Å². The molecule has 0 aliphatic heterocycles. The number of benzene rings is 2. The van der Waals surface area contributed by atoms with Gasteiger partial charge >= 0.3 is 0 Å². The second-order valence-electron chi connectivity index (χ2n) is 7.04. The number of nitrogens with zero attached hydrogens (tertiary/aromatic N) is 3. The van der Waals surface area contributed by atoms with Crippen LogP contribution in [0.4, 0.5) is 4.39 Å². The van der Waals surface area contributed by atoms with Gasteiger partial charge in [0.05, 0.1) is 18.4 Å². The standard InChI is InChI=1S/C20H22FN3O3S/c1-3-16(27-28(2,25)26)12-19-17-7-5-4-6-13(17)10-14-8-9-15(21)11-18(14)20(19)23-24-22/h4-9,11,16,19-20H,3,10,12H2,1-2H3/t16-,19+,20+/m0/s1. The van der Waals surface area contributed by atoms with Gasteiger partial charge in [-0.15, -0.1) is 0 Å². The summed E-state index contributed by atoms with van der Waals surface area (Å²) in [7, 11) is -3.63. The average molecular weight is 403 g/mol. The number of hydrogen-bond acceptors (Lipinski definition) is 4. The Balaban J connectivity index is 2.14. The van der Waals surface area contributed by atoms with Crippen molar-refractivity contribution >= 4 is 10.1 Å². The van der Waals surface area contributed by atoms with Crippen molar-refractivity contribution in [2.75, 3.05) is 6.26 Å². The van der Waals surface area contributed by atoms with Gasteiger partial charge in [-0.1, -0.05) is 42.4 Å². The van der Waals surface area contributed by atoms with Crippen LogP contribution in [-0.4, -0.2) is 20.8 Å². The number of fused-ring (bicyclic) bond motifs is 2. The molecule has 0 aromatic heterocycles. The SMILES string of the molecule is CC[C@@H](C[C@@H]1c2ccccc2Cc2ccc(F)cc2[C@H]1N=[N+]=[N-])OS(C)(=O)=O. The maximum atomic E-state index is 14.0. The van der Waals surface area contributed by atoms with Gasteiger partial charge in [0.15, 0.2) is 0 Å². The number of hydrogen-bond donors (Lipinski definition) is 0. The van der Waals surface area contributed by atoms with Crippen molar-refractivity contribution in [1.29, 1.82) is 0 Å². The summed E-state index contributed by atoms with van der Waals surface area (Å²) in [4.78, 5) is 3.00. The molecular weight excluding hydrogens is 381 g/mol.